The lowest BCUT2D eigenvalue weighted by atomic mass is 9.90. The fourth-order valence-electron chi connectivity index (χ4n) is 5.20. The number of carbonyl (C=O) groups excluding carboxylic acids is 1. The topological polar surface area (TPSA) is 28.5 Å². The van der Waals surface area contributed by atoms with Gasteiger partial charge in [0.05, 0.1) is 17.9 Å². The van der Waals surface area contributed by atoms with E-state index in [0.29, 0.717) is 6.67 Å². The average Bonchev–Trinajstić information content (AvgIpc) is 3.38. The predicted octanol–water partition coefficient (Wildman–Crippen LogP) is 5.12. The fraction of sp³-hybridized carbons (Fsp3) is 0.500. The van der Waals surface area contributed by atoms with Gasteiger partial charge in [-0.3, -0.25) is 14.6 Å². The third-order valence-electron chi connectivity index (χ3n) is 7.84. The molecule has 0 bridgehead atoms. The van der Waals surface area contributed by atoms with Gasteiger partial charge in [-0.2, -0.15) is 0 Å². The van der Waals surface area contributed by atoms with Gasteiger partial charge in [0, 0.05) is 24.0 Å². The van der Waals surface area contributed by atoms with E-state index in [9.17, 15) is 4.79 Å². The van der Waals surface area contributed by atoms with Gasteiger partial charge in [-0.05, 0) is 114 Å². The molecule has 0 N–H and O–H groups in total. The number of amides is 1. The number of nitrogens with zero attached hydrogens (tertiary/aromatic N) is 3. The molecule has 2 aromatic rings. The molecule has 1 aromatic heterocycles. The molecule has 1 fully saturated rings. The van der Waals surface area contributed by atoms with Crippen LogP contribution in [-0.4, -0.2) is 35.1 Å². The highest BCUT2D eigenvalue weighted by Crippen LogP contribution is 2.45. The van der Waals surface area contributed by atoms with Crippen LogP contribution in [0.3, 0.4) is 0 Å². The third-order valence-corrected chi connectivity index (χ3v) is 7.84. The summed E-state index contributed by atoms with van der Waals surface area (Å²) < 4.78 is 2.22. The van der Waals surface area contributed by atoms with Crippen LogP contribution in [-0.2, 0) is 11.8 Å². The number of carbonyl (C=O) groups is 1. The van der Waals surface area contributed by atoms with Crippen molar-refractivity contribution in [3.8, 4) is 0 Å². The van der Waals surface area contributed by atoms with E-state index < -0.39 is 0 Å². The Hall–Kier alpha value is -2.33. The van der Waals surface area contributed by atoms with Crippen LogP contribution in [0.4, 0.5) is 5.69 Å². The zero-order valence-corrected chi connectivity index (χ0v) is 19.9. The monoisotopic (exact) mass is 405 g/mol. The number of fused-ring (bicyclic) bond motifs is 1. The van der Waals surface area contributed by atoms with Gasteiger partial charge < -0.3 is 4.57 Å². The molecular formula is C26H35N3O. The van der Waals surface area contributed by atoms with Crippen LogP contribution in [0.1, 0.15) is 63.2 Å². The Morgan fingerprint density at radius 1 is 0.800 bits per heavy atom. The Morgan fingerprint density at radius 2 is 1.40 bits per heavy atom. The molecule has 1 saturated heterocycles. The standard InChI is InChI=1S/C26H35N3O/c1-15-16(2)20(6)25-24(19(15)5)22(13-23-18(4)17(3)21(7)27(23)8)26(30)29(25)14-28-11-9-10-12-28/h13H,9-12,14H2,1-8H3/b22-13-. The lowest BCUT2D eigenvalue weighted by Crippen LogP contribution is -2.38. The first-order chi connectivity index (χ1) is 14.1. The normalized spacial score (nSPS) is 18.2. The minimum absolute atomic E-state index is 0.143. The van der Waals surface area contributed by atoms with Crippen molar-refractivity contribution in [1.82, 2.24) is 9.47 Å². The van der Waals surface area contributed by atoms with Crippen molar-refractivity contribution < 1.29 is 4.79 Å². The Balaban J connectivity index is 1.94. The molecule has 4 nitrogen and oxygen atoms in total. The number of benzene rings is 1. The molecule has 2 aliphatic heterocycles. The SMILES string of the molecule is Cc1c(C)c(C)c2c(c1C)/C(=C/c1c(C)c(C)c(C)n1C)C(=O)N2CN1CCCC1. The average molecular weight is 406 g/mol. The van der Waals surface area contributed by atoms with Crippen molar-refractivity contribution in [2.75, 3.05) is 24.7 Å². The molecule has 3 heterocycles. The van der Waals surface area contributed by atoms with Crippen LogP contribution in [0.2, 0.25) is 0 Å². The summed E-state index contributed by atoms with van der Waals surface area (Å²) in [4.78, 5) is 18.3. The second kappa shape index (κ2) is 7.42. The number of anilines is 1. The molecule has 0 aliphatic carbocycles. The summed E-state index contributed by atoms with van der Waals surface area (Å²) in [6, 6.07) is 0. The highest BCUT2D eigenvalue weighted by molar-refractivity contribution is 6.36. The van der Waals surface area contributed by atoms with E-state index in [4.69, 9.17) is 0 Å². The van der Waals surface area contributed by atoms with Crippen molar-refractivity contribution in [3.05, 3.63) is 50.3 Å². The van der Waals surface area contributed by atoms with E-state index >= 15 is 0 Å². The lowest BCUT2D eigenvalue weighted by Gasteiger charge is -2.26. The molecule has 1 aromatic carbocycles. The summed E-state index contributed by atoms with van der Waals surface area (Å²) in [5.41, 5.74) is 13.1. The maximum atomic E-state index is 13.8. The minimum atomic E-state index is 0.143. The second-order valence-corrected chi connectivity index (χ2v) is 9.26. The molecule has 2 aliphatic rings. The first-order valence-electron chi connectivity index (χ1n) is 11.1. The summed E-state index contributed by atoms with van der Waals surface area (Å²) in [6.07, 6.45) is 4.59. The van der Waals surface area contributed by atoms with Crippen LogP contribution in [0.5, 0.6) is 0 Å². The molecule has 4 heteroatoms. The van der Waals surface area contributed by atoms with Crippen molar-refractivity contribution >= 4 is 23.2 Å². The van der Waals surface area contributed by atoms with Gasteiger partial charge in [0.25, 0.3) is 5.91 Å². The van der Waals surface area contributed by atoms with Crippen LogP contribution in [0.25, 0.3) is 11.6 Å². The lowest BCUT2D eigenvalue weighted by molar-refractivity contribution is -0.113. The third kappa shape index (κ3) is 2.96. The quantitative estimate of drug-likeness (QED) is 0.663. The maximum Gasteiger partial charge on any atom is 0.260 e. The zero-order valence-electron chi connectivity index (χ0n) is 19.9. The predicted molar refractivity (Wildman–Crippen MR) is 126 cm³/mol. The van der Waals surface area contributed by atoms with Crippen molar-refractivity contribution in [3.63, 3.8) is 0 Å². The Kier molecular flexibility index (Phi) is 5.17. The van der Waals surface area contributed by atoms with Crippen LogP contribution >= 0.6 is 0 Å². The van der Waals surface area contributed by atoms with E-state index in [1.165, 1.54) is 51.9 Å². The Morgan fingerprint density at radius 3 is 1.97 bits per heavy atom. The van der Waals surface area contributed by atoms with Crippen LogP contribution in [0.15, 0.2) is 0 Å². The molecule has 160 valence electrons. The highest BCUT2D eigenvalue weighted by atomic mass is 16.2. The second-order valence-electron chi connectivity index (χ2n) is 9.26. The van der Waals surface area contributed by atoms with E-state index in [1.54, 1.807) is 0 Å². The minimum Gasteiger partial charge on any atom is -0.348 e. The molecular weight excluding hydrogens is 370 g/mol. The fourth-order valence-corrected chi connectivity index (χ4v) is 5.20. The van der Waals surface area contributed by atoms with Crippen LogP contribution in [0, 0.1) is 48.5 Å². The summed E-state index contributed by atoms with van der Waals surface area (Å²) in [5, 5.41) is 0. The molecule has 0 saturated carbocycles. The van der Waals surface area contributed by atoms with Crippen molar-refractivity contribution in [2.24, 2.45) is 7.05 Å². The highest BCUT2D eigenvalue weighted by Gasteiger charge is 2.37. The summed E-state index contributed by atoms with van der Waals surface area (Å²) in [5.74, 6) is 0.143. The smallest absolute Gasteiger partial charge is 0.260 e. The number of aromatic nitrogens is 1. The maximum absolute atomic E-state index is 13.8. The van der Waals surface area contributed by atoms with Gasteiger partial charge in [-0.25, -0.2) is 0 Å². The molecule has 30 heavy (non-hydrogen) atoms. The molecule has 4 rings (SSSR count). The Labute approximate surface area is 181 Å². The van der Waals surface area contributed by atoms with Gasteiger partial charge >= 0.3 is 0 Å². The van der Waals surface area contributed by atoms with Gasteiger partial charge in [0.1, 0.15) is 0 Å². The van der Waals surface area contributed by atoms with Crippen LogP contribution < -0.4 is 4.90 Å². The largest absolute Gasteiger partial charge is 0.348 e. The summed E-state index contributed by atoms with van der Waals surface area (Å²) in [7, 11) is 2.10. The zero-order chi connectivity index (χ0) is 21.9. The number of hydrogen-bond acceptors (Lipinski definition) is 2. The summed E-state index contributed by atoms with van der Waals surface area (Å²) >= 11 is 0. The molecule has 0 unspecified atom stereocenters. The van der Waals surface area contributed by atoms with E-state index in [1.807, 2.05) is 4.90 Å². The Bertz CT molecular complexity index is 1060. The first kappa shape index (κ1) is 20.9. The molecule has 0 atom stereocenters. The first-order valence-corrected chi connectivity index (χ1v) is 11.1. The van der Waals surface area contributed by atoms with E-state index in [-0.39, 0.29) is 5.91 Å². The van der Waals surface area contributed by atoms with Gasteiger partial charge in [0.15, 0.2) is 0 Å². The van der Waals surface area contributed by atoms with E-state index in [0.717, 1.165) is 35.6 Å². The number of likely N-dealkylation sites (tertiary alicyclic amines) is 1. The van der Waals surface area contributed by atoms with Crippen molar-refractivity contribution in [1.29, 1.82) is 0 Å². The molecule has 0 radical (unpaired) electrons. The van der Waals surface area contributed by atoms with Crippen molar-refractivity contribution in [2.45, 2.75) is 61.3 Å². The van der Waals surface area contributed by atoms with E-state index in [2.05, 4.69) is 71.1 Å². The van der Waals surface area contributed by atoms with Gasteiger partial charge in [0.2, 0.25) is 0 Å². The molecule has 0 spiro atoms. The number of hydrogen-bond donors (Lipinski definition) is 0. The number of rotatable bonds is 3. The van der Waals surface area contributed by atoms with Gasteiger partial charge in [-0.1, -0.05) is 0 Å². The van der Waals surface area contributed by atoms with Gasteiger partial charge in [-0.15, -0.1) is 0 Å². The molecule has 1 amide bonds. The summed E-state index contributed by atoms with van der Waals surface area (Å²) in [6.45, 7) is 18.1.